The summed E-state index contributed by atoms with van der Waals surface area (Å²) in [6.07, 6.45) is 0.496. The van der Waals surface area contributed by atoms with Gasteiger partial charge in [0.2, 0.25) is 0 Å². The summed E-state index contributed by atoms with van der Waals surface area (Å²) in [5.74, 6) is 0.662. The lowest BCUT2D eigenvalue weighted by Crippen LogP contribution is -2.35. The van der Waals surface area contributed by atoms with E-state index in [2.05, 4.69) is 0 Å². The van der Waals surface area contributed by atoms with Crippen LogP contribution in [0.4, 0.5) is 5.69 Å². The third-order valence-electron chi connectivity index (χ3n) is 4.69. The van der Waals surface area contributed by atoms with Gasteiger partial charge in [0.15, 0.2) is 0 Å². The Balaban J connectivity index is 1.54. The van der Waals surface area contributed by atoms with Crippen molar-refractivity contribution in [2.75, 3.05) is 13.7 Å². The number of hydroxylamine groups is 2. The Morgan fingerprint density at radius 2 is 1.86 bits per heavy atom. The fourth-order valence-corrected chi connectivity index (χ4v) is 4.25. The van der Waals surface area contributed by atoms with Crippen molar-refractivity contribution in [2.45, 2.75) is 30.1 Å². The van der Waals surface area contributed by atoms with Gasteiger partial charge in [0, 0.05) is 29.7 Å². The minimum Gasteiger partial charge on any atom is -0.497 e. The Kier molecular flexibility index (Phi) is 7.08. The molecule has 9 heteroatoms. The van der Waals surface area contributed by atoms with Crippen LogP contribution in [0.1, 0.15) is 17.5 Å². The summed E-state index contributed by atoms with van der Waals surface area (Å²) in [4.78, 5) is 27.6. The predicted molar refractivity (Wildman–Crippen MR) is 109 cm³/mol. The summed E-state index contributed by atoms with van der Waals surface area (Å²) >= 11 is 1.70. The molecule has 2 aromatic carbocycles. The Labute approximate surface area is 172 Å². The maximum absolute atomic E-state index is 11.6. The summed E-state index contributed by atoms with van der Waals surface area (Å²) in [6.45, 7) is 0.669. The molecule has 29 heavy (non-hydrogen) atoms. The highest BCUT2D eigenvalue weighted by Crippen LogP contribution is 2.31. The number of methoxy groups -OCH3 is 1. The number of carboxylic acid groups (broad SMARTS) is 1. The van der Waals surface area contributed by atoms with Crippen LogP contribution in [0.3, 0.4) is 0 Å². The second-order valence-electron chi connectivity index (χ2n) is 6.67. The number of ether oxygens (including phenoxy) is 1. The first-order valence-corrected chi connectivity index (χ1v) is 10.1. The highest BCUT2D eigenvalue weighted by molar-refractivity contribution is 7.99. The Morgan fingerprint density at radius 1 is 1.21 bits per heavy atom. The third kappa shape index (κ3) is 5.69. The molecule has 0 bridgehead atoms. The zero-order valence-electron chi connectivity index (χ0n) is 15.9. The number of nitro groups is 1. The van der Waals surface area contributed by atoms with E-state index in [9.17, 15) is 20.0 Å². The highest BCUT2D eigenvalue weighted by Gasteiger charge is 2.38. The van der Waals surface area contributed by atoms with Crippen molar-refractivity contribution in [1.29, 1.82) is 0 Å². The molecule has 1 fully saturated rings. The Hall–Kier alpha value is -2.62. The molecule has 3 rings (SSSR count). The topological polar surface area (TPSA) is 102 Å². The largest absolute Gasteiger partial charge is 0.497 e. The first-order valence-electron chi connectivity index (χ1n) is 9.06. The molecule has 8 nitrogen and oxygen atoms in total. The van der Waals surface area contributed by atoms with Gasteiger partial charge in [-0.15, -0.1) is 0 Å². The van der Waals surface area contributed by atoms with E-state index in [4.69, 9.17) is 9.57 Å². The molecule has 0 radical (unpaired) electrons. The number of carboxylic acids is 1. The van der Waals surface area contributed by atoms with E-state index in [1.54, 1.807) is 31.0 Å². The number of rotatable bonds is 9. The van der Waals surface area contributed by atoms with Crippen molar-refractivity contribution in [3.8, 4) is 5.75 Å². The van der Waals surface area contributed by atoms with Gasteiger partial charge in [0.05, 0.1) is 18.6 Å². The van der Waals surface area contributed by atoms with E-state index < -0.39 is 16.9 Å². The first kappa shape index (κ1) is 21.1. The van der Waals surface area contributed by atoms with Crippen LogP contribution in [0.15, 0.2) is 48.5 Å². The van der Waals surface area contributed by atoms with Crippen LogP contribution >= 0.6 is 11.8 Å². The summed E-state index contributed by atoms with van der Waals surface area (Å²) in [5, 5.41) is 21.9. The van der Waals surface area contributed by atoms with Gasteiger partial charge in [-0.25, -0.2) is 0 Å². The van der Waals surface area contributed by atoms with Gasteiger partial charge < -0.3 is 9.84 Å². The van der Waals surface area contributed by atoms with Crippen molar-refractivity contribution >= 4 is 23.4 Å². The molecule has 0 aliphatic carbocycles. The molecule has 0 amide bonds. The van der Waals surface area contributed by atoms with Crippen molar-refractivity contribution in [1.82, 2.24) is 5.06 Å². The average Bonchev–Trinajstić information content (AvgIpc) is 3.15. The van der Waals surface area contributed by atoms with E-state index in [0.717, 1.165) is 22.6 Å². The molecule has 1 saturated heterocycles. The maximum atomic E-state index is 11.6. The summed E-state index contributed by atoms with van der Waals surface area (Å²) in [7, 11) is 1.62. The van der Waals surface area contributed by atoms with Gasteiger partial charge in [0.25, 0.3) is 5.69 Å². The van der Waals surface area contributed by atoms with E-state index >= 15 is 0 Å². The molecule has 0 aromatic heterocycles. The molecule has 154 valence electrons. The second kappa shape index (κ2) is 9.73. The molecule has 0 saturated carbocycles. The van der Waals surface area contributed by atoms with Crippen molar-refractivity contribution in [3.63, 3.8) is 0 Å². The molecular formula is C20H22N2O6S. The quantitative estimate of drug-likeness (QED) is 0.488. The number of nitrogens with zero attached hydrogens (tertiary/aromatic N) is 2. The normalized spacial score (nSPS) is 19.2. The van der Waals surface area contributed by atoms with E-state index in [1.165, 1.54) is 17.2 Å². The monoisotopic (exact) mass is 418 g/mol. The fourth-order valence-electron chi connectivity index (χ4n) is 3.06. The predicted octanol–water partition coefficient (Wildman–Crippen LogP) is 3.50. The molecule has 2 aromatic rings. The van der Waals surface area contributed by atoms with Crippen LogP contribution < -0.4 is 4.74 Å². The van der Waals surface area contributed by atoms with Crippen LogP contribution in [0.2, 0.25) is 0 Å². The SMILES string of the molecule is COc1ccc(CS[C@H]2C[C@@H](C(=O)O)N(OCc3ccc([N+](=O)[O-])cc3)C2)cc1. The zero-order chi connectivity index (χ0) is 20.8. The number of benzene rings is 2. The lowest BCUT2D eigenvalue weighted by Gasteiger charge is -2.20. The third-order valence-corrected chi connectivity index (χ3v) is 6.00. The molecule has 2 atom stereocenters. The lowest BCUT2D eigenvalue weighted by atomic mass is 10.2. The van der Waals surface area contributed by atoms with Gasteiger partial charge in [-0.1, -0.05) is 12.1 Å². The van der Waals surface area contributed by atoms with Crippen LogP contribution in [0.25, 0.3) is 0 Å². The highest BCUT2D eigenvalue weighted by atomic mass is 32.2. The van der Waals surface area contributed by atoms with E-state index in [1.807, 2.05) is 24.3 Å². The van der Waals surface area contributed by atoms with Gasteiger partial charge in [0.1, 0.15) is 11.8 Å². The van der Waals surface area contributed by atoms with Crippen LogP contribution in [-0.4, -0.2) is 46.0 Å². The molecule has 1 heterocycles. The molecule has 1 aliphatic heterocycles. The number of thioether (sulfide) groups is 1. The summed E-state index contributed by atoms with van der Waals surface area (Å²) < 4.78 is 5.15. The number of carbonyl (C=O) groups is 1. The maximum Gasteiger partial charge on any atom is 0.323 e. The molecule has 1 aliphatic rings. The fraction of sp³-hybridized carbons (Fsp3) is 0.350. The smallest absolute Gasteiger partial charge is 0.323 e. The number of nitro benzene ring substituents is 1. The number of hydrogen-bond acceptors (Lipinski definition) is 7. The minimum atomic E-state index is -0.916. The Bertz CT molecular complexity index is 843. The summed E-state index contributed by atoms with van der Waals surface area (Å²) in [6, 6.07) is 13.1. The van der Waals surface area contributed by atoms with Crippen LogP contribution in [0.5, 0.6) is 5.75 Å². The van der Waals surface area contributed by atoms with Gasteiger partial charge in [-0.2, -0.15) is 16.8 Å². The van der Waals surface area contributed by atoms with Gasteiger partial charge in [-0.3, -0.25) is 19.7 Å². The van der Waals surface area contributed by atoms with Crippen LogP contribution in [0, 0.1) is 10.1 Å². The van der Waals surface area contributed by atoms with Gasteiger partial charge in [-0.05, 0) is 41.8 Å². The number of aliphatic carboxylic acids is 1. The van der Waals surface area contributed by atoms with E-state index in [-0.39, 0.29) is 17.5 Å². The van der Waals surface area contributed by atoms with Crippen molar-refractivity contribution in [3.05, 3.63) is 69.8 Å². The summed E-state index contributed by atoms with van der Waals surface area (Å²) in [5.41, 5.74) is 1.90. The molecule has 0 spiro atoms. The molecule has 1 N–H and O–H groups in total. The molecular weight excluding hydrogens is 396 g/mol. The first-order chi connectivity index (χ1) is 14.0. The van der Waals surface area contributed by atoms with Crippen LogP contribution in [-0.2, 0) is 22.0 Å². The standard InChI is InChI=1S/C20H22N2O6S/c1-27-17-8-4-15(5-9-17)13-29-18-10-19(20(23)24)21(11-18)28-12-14-2-6-16(7-3-14)22(25)26/h2-9,18-19H,10-13H2,1H3,(H,23,24)/t18-,19-/m0/s1. The molecule has 0 unspecified atom stereocenters. The van der Waals surface area contributed by atoms with E-state index in [0.29, 0.717) is 13.0 Å². The van der Waals surface area contributed by atoms with Crippen molar-refractivity contribution in [2.24, 2.45) is 0 Å². The lowest BCUT2D eigenvalue weighted by molar-refractivity contribution is -0.384. The second-order valence-corrected chi connectivity index (χ2v) is 7.96. The number of non-ortho nitro benzene ring substituents is 1. The minimum absolute atomic E-state index is 0.00771. The average molecular weight is 418 g/mol. The Morgan fingerprint density at radius 3 is 2.45 bits per heavy atom. The van der Waals surface area contributed by atoms with Crippen molar-refractivity contribution < 1.29 is 24.4 Å². The van der Waals surface area contributed by atoms with Gasteiger partial charge >= 0.3 is 5.97 Å². The zero-order valence-corrected chi connectivity index (χ0v) is 16.7. The number of hydrogen-bond donors (Lipinski definition) is 1.